The molecule has 40 nitrogen and oxygen atoms in total. The molecule has 4 amide bonds. The van der Waals surface area contributed by atoms with Crippen LogP contribution in [0.1, 0.15) is 142 Å². The van der Waals surface area contributed by atoms with Gasteiger partial charge in [-0.25, -0.2) is 0 Å². The van der Waals surface area contributed by atoms with Gasteiger partial charge in [-0.05, 0) is 35.4 Å². The van der Waals surface area contributed by atoms with E-state index in [0.717, 1.165) is 52.0 Å². The summed E-state index contributed by atoms with van der Waals surface area (Å²) in [5.74, 6) is -31.5. The van der Waals surface area contributed by atoms with E-state index >= 15 is 0 Å². The third-order valence-corrected chi connectivity index (χ3v) is 15.9. The predicted octanol–water partition coefficient (Wildman–Crippen LogP) is -0.917. The van der Waals surface area contributed by atoms with Crippen LogP contribution in [0.2, 0.25) is 0 Å². The topological polar surface area (TPSA) is 544 Å². The fourth-order valence-electron chi connectivity index (χ4n) is 11.9. The van der Waals surface area contributed by atoms with Crippen molar-refractivity contribution < 1.29 is 186 Å². The maximum absolute atomic E-state index is 14.9. The average Bonchev–Trinajstić information content (AvgIpc) is 0.754. The average molecular weight is 1620 g/mol. The van der Waals surface area contributed by atoms with E-state index in [9.17, 15) is 96.5 Å². The van der Waals surface area contributed by atoms with E-state index in [-0.39, 0.29) is 11.1 Å². The minimum Gasteiger partial charge on any atom is -0.462 e. The molecular formula is C74H90N4O36. The normalized spacial score (nSPS) is 23.4. The lowest BCUT2D eigenvalue weighted by Crippen LogP contribution is -2.73. The SMILES string of the molecule is [2H]CC(=O)OC[C@@H](OC(=O)C[2H])[C@@H](OC(=O)C[2H])[C@H](OC(=O)C[2H])[C@@H](OC(=O)C[2H])C(=O)NC[C@H]1O[C@@](O)(Cc2ccccc2)[C@H](NC(=O)c2ccc(C(=O)N[C@@H]3[C@@H](OC(C)=O)[C@H](OC(C)=O)[C@@H](CNC(=O)[C@H](OC(=O)C[2H])[C@@H](OC(=O)C[2H])[C@H](OC(=O)C[2H])[C@@H](COC(=O)C[2H])OC(=O)C[2H])O[C@@]3(O)Cc3ccccc3)cc2)[C@@H](OC(C)=O)[C@@H]1OC(C)=O. The van der Waals surface area contributed by atoms with Crippen LogP contribution in [0.5, 0.6) is 0 Å². The Morgan fingerprint density at radius 2 is 0.649 bits per heavy atom. The molecule has 2 aliphatic heterocycles. The lowest BCUT2D eigenvalue weighted by atomic mass is 9.85. The Labute approximate surface area is 665 Å². The van der Waals surface area contributed by atoms with Gasteiger partial charge in [-0.3, -0.25) is 86.3 Å². The first-order chi connectivity index (χ1) is 58.8. The Bertz CT molecular complexity index is 3980. The van der Waals surface area contributed by atoms with Crippen molar-refractivity contribution in [3.05, 3.63) is 107 Å². The predicted molar refractivity (Wildman–Crippen MR) is 375 cm³/mol. The minimum absolute atomic E-state index is 0.199. The molecular weight excluding hydrogens is 1520 g/mol. The van der Waals surface area contributed by atoms with Gasteiger partial charge < -0.3 is 107 Å². The molecule has 0 radical (unpaired) electrons. The van der Waals surface area contributed by atoms with E-state index in [0.29, 0.717) is 0 Å². The zero-order valence-corrected chi connectivity index (χ0v) is 61.4. The van der Waals surface area contributed by atoms with Crippen molar-refractivity contribution in [2.24, 2.45) is 0 Å². The standard InChI is InChI=1S/C74H90N4O36/c1-35(79)99-33-55(101-37(3)81)59(105-41(7)85)61(107-43(9)87)65(111-47(13)91)71(95)75-31-53-57(103-39(5)83)63(109-45(11)89)67(73(97,113-53)29-49-21-17-15-18-22-49)77-69(93)51-25-27-52(28-26-51)70(94)78-68-64(110-46(12)90)58(104-40(6)84)54(114-74(68,98)30-50-23-19-16-20-24-50)32-76-72(96)66(112-48(14)92)62(108-44(10)88)60(106-42(8)86)56(102-38(4)82)34-100-36(2)80/h15-28,53-68,97-98H,29-34H2,1-14H3,(H,75,95)(H,76,96)(H,77,93)(H,78,94)/t53-,54-,55-,56-,57-,58-,59-,60-,61+,62+,63+,64+,65-,66-,67-,68-,73+,74+/m1/s1/i1D,2D,3D,4D,7D,8D,9D,10D,13D,14D. The van der Waals surface area contributed by atoms with Crippen LogP contribution < -0.4 is 21.3 Å². The molecule has 6 N–H and O–H groups in total. The molecule has 0 saturated carbocycles. The van der Waals surface area contributed by atoms with Gasteiger partial charge in [0.15, 0.2) is 72.6 Å². The molecule has 2 saturated heterocycles. The van der Waals surface area contributed by atoms with Crippen molar-refractivity contribution in [3.8, 4) is 0 Å². The van der Waals surface area contributed by atoms with Gasteiger partial charge in [0.25, 0.3) is 23.6 Å². The van der Waals surface area contributed by atoms with Crippen LogP contribution in [0.3, 0.4) is 0 Å². The molecule has 114 heavy (non-hydrogen) atoms. The van der Waals surface area contributed by atoms with Crippen molar-refractivity contribution in [2.45, 2.75) is 219 Å². The van der Waals surface area contributed by atoms with Crippen LogP contribution in [0.4, 0.5) is 0 Å². The molecule has 2 aliphatic rings. The van der Waals surface area contributed by atoms with Crippen LogP contribution >= 0.6 is 0 Å². The number of carbonyl (C=O) groups excluding carboxylic acids is 18. The molecule has 2 heterocycles. The largest absolute Gasteiger partial charge is 0.462 e. The van der Waals surface area contributed by atoms with Gasteiger partial charge >= 0.3 is 83.6 Å². The molecule has 0 unspecified atom stereocenters. The fraction of sp³-hybridized carbons (Fsp3) is 0.514. The first kappa shape index (κ1) is 77.3. The minimum atomic E-state index is -2.93. The Balaban J connectivity index is 1.60. The summed E-state index contributed by atoms with van der Waals surface area (Å²) in [4.78, 5) is 241. The molecule has 5 rings (SSSR count). The highest BCUT2D eigenvalue weighted by Gasteiger charge is 2.61. The highest BCUT2D eigenvalue weighted by molar-refractivity contribution is 5.98. The highest BCUT2D eigenvalue weighted by atomic mass is 16.7. The molecule has 3 aromatic rings. The summed E-state index contributed by atoms with van der Waals surface area (Å²) >= 11 is 0. The summed E-state index contributed by atoms with van der Waals surface area (Å²) in [5, 5.41) is 35.6. The Morgan fingerprint density at radius 3 is 0.947 bits per heavy atom. The van der Waals surface area contributed by atoms with Crippen LogP contribution in [-0.2, 0) is 165 Å². The summed E-state index contributed by atoms with van der Waals surface area (Å²) in [7, 11) is 0. The number of aliphatic hydroxyl groups is 2. The number of amides is 4. The van der Waals surface area contributed by atoms with E-state index in [1.807, 2.05) is 0 Å². The Kier molecular flexibility index (Phi) is 28.9. The van der Waals surface area contributed by atoms with Crippen molar-refractivity contribution in [1.29, 1.82) is 0 Å². The monoisotopic (exact) mass is 1620 g/mol. The van der Waals surface area contributed by atoms with Crippen molar-refractivity contribution >= 4 is 107 Å². The first-order valence-electron chi connectivity index (χ1n) is 40.5. The molecule has 0 bridgehead atoms. The number of hydrogen-bond donors (Lipinski definition) is 6. The first-order valence-corrected chi connectivity index (χ1v) is 33.4. The van der Waals surface area contributed by atoms with Crippen LogP contribution in [0.15, 0.2) is 84.9 Å². The van der Waals surface area contributed by atoms with Gasteiger partial charge in [0.1, 0.15) is 37.5 Å². The highest BCUT2D eigenvalue weighted by Crippen LogP contribution is 2.38. The third-order valence-electron chi connectivity index (χ3n) is 15.9. The van der Waals surface area contributed by atoms with Crippen molar-refractivity contribution in [2.75, 3.05) is 26.3 Å². The summed E-state index contributed by atoms with van der Waals surface area (Å²) in [5.41, 5.74) is -0.427. The Hall–Kier alpha value is -12.0. The quantitative estimate of drug-likeness (QED) is 0.0303. The maximum atomic E-state index is 14.9. The molecule has 2 fully saturated rings. The number of hydrogen-bond acceptors (Lipinski definition) is 36. The number of rotatable bonds is 36. The van der Waals surface area contributed by atoms with Crippen molar-refractivity contribution in [3.63, 3.8) is 0 Å². The third kappa shape index (κ3) is 28.3. The molecule has 0 spiro atoms. The van der Waals surface area contributed by atoms with Gasteiger partial charge in [0.05, 0.1) is 0 Å². The summed E-state index contributed by atoms with van der Waals surface area (Å²) in [6, 6.07) is 14.7. The van der Waals surface area contributed by atoms with E-state index < -0.39 is 336 Å². The summed E-state index contributed by atoms with van der Waals surface area (Å²) in [6.07, 6.45) is -34.1. The molecule has 0 aliphatic carbocycles. The van der Waals surface area contributed by atoms with Crippen molar-refractivity contribution in [1.82, 2.24) is 21.3 Å². The second kappa shape index (κ2) is 42.6. The van der Waals surface area contributed by atoms with Gasteiger partial charge in [0.2, 0.25) is 12.2 Å². The molecule has 622 valence electrons. The lowest BCUT2D eigenvalue weighted by molar-refractivity contribution is -0.314. The van der Waals surface area contributed by atoms with Gasteiger partial charge in [-0.15, -0.1) is 0 Å². The summed E-state index contributed by atoms with van der Waals surface area (Å²) in [6.45, 7) is -13.6. The van der Waals surface area contributed by atoms with Crippen LogP contribution in [-0.4, -0.2) is 253 Å². The van der Waals surface area contributed by atoms with Crippen LogP contribution in [0.25, 0.3) is 0 Å². The number of benzene rings is 3. The van der Waals surface area contributed by atoms with Gasteiger partial charge in [-0.1, -0.05) is 60.7 Å². The lowest BCUT2D eigenvalue weighted by Gasteiger charge is -2.50. The maximum Gasteiger partial charge on any atom is 0.303 e. The van der Waals surface area contributed by atoms with E-state index in [2.05, 4.69) is 21.3 Å². The molecule has 40 heteroatoms. The zero-order valence-electron chi connectivity index (χ0n) is 71.4. The number of nitrogens with one attached hydrogen (secondary N) is 4. The van der Waals surface area contributed by atoms with Crippen LogP contribution in [0, 0.1) is 0 Å². The second-order valence-corrected chi connectivity index (χ2v) is 24.7. The van der Waals surface area contributed by atoms with E-state index in [1.54, 1.807) is 12.1 Å². The zero-order chi connectivity index (χ0) is 92.3. The molecule has 3 aromatic carbocycles. The molecule has 0 aromatic heterocycles. The Morgan fingerprint density at radius 1 is 0.368 bits per heavy atom. The van der Waals surface area contributed by atoms with Gasteiger partial charge in [-0.2, -0.15) is 0 Å². The second-order valence-electron chi connectivity index (χ2n) is 24.7. The number of carbonyl (C=O) groups is 18. The van der Waals surface area contributed by atoms with E-state index in [1.165, 1.54) is 48.5 Å². The summed E-state index contributed by atoms with van der Waals surface area (Å²) < 4.78 is 163. The number of esters is 14. The fourth-order valence-corrected chi connectivity index (χ4v) is 11.9. The van der Waals surface area contributed by atoms with Gasteiger partial charge in [0, 0.05) is 147 Å². The smallest absolute Gasteiger partial charge is 0.303 e. The molecule has 18 atom stereocenters. The number of ether oxygens (including phenoxy) is 16. The van der Waals surface area contributed by atoms with E-state index in [4.69, 9.17) is 89.5 Å².